The van der Waals surface area contributed by atoms with Crippen LogP contribution >= 0.6 is 0 Å². The monoisotopic (exact) mass is 994 g/mol. The summed E-state index contributed by atoms with van der Waals surface area (Å²) in [6, 6.07) is 1.16. The third kappa shape index (κ3) is 16.4. The van der Waals surface area contributed by atoms with Crippen molar-refractivity contribution in [2.75, 3.05) is 7.05 Å². The van der Waals surface area contributed by atoms with E-state index in [1.807, 2.05) is 6.92 Å². The van der Waals surface area contributed by atoms with Gasteiger partial charge in [-0.15, -0.1) is 0 Å². The third-order valence-electron chi connectivity index (χ3n) is 12.6. The summed E-state index contributed by atoms with van der Waals surface area (Å²) in [4.78, 5) is 128. The molecule has 7 amide bonds. The number of carbonyl (C=O) groups is 9. The fourth-order valence-corrected chi connectivity index (χ4v) is 8.50. The normalized spacial score (nSPS) is 24.4. The van der Waals surface area contributed by atoms with Crippen molar-refractivity contribution in [1.82, 2.24) is 36.4 Å². The number of nitrogens with one attached hydrogen (secondary N) is 5. The zero-order chi connectivity index (χ0) is 52.7. The van der Waals surface area contributed by atoms with Crippen LogP contribution in [0.1, 0.15) is 110 Å². The minimum atomic E-state index is -1.85. The van der Waals surface area contributed by atoms with Gasteiger partial charge < -0.3 is 61.5 Å². The molecular weight excluding hydrogens is 923 g/mol. The highest BCUT2D eigenvalue weighted by atomic mass is 16.5. The Kier molecular flexibility index (Phi) is 21.2. The van der Waals surface area contributed by atoms with E-state index in [0.29, 0.717) is 24.0 Å². The number of carboxylic acid groups (broad SMARTS) is 1. The number of benzene rings is 2. The first-order chi connectivity index (χ1) is 33.5. The molecule has 2 aromatic carbocycles. The minimum absolute atomic E-state index is 0.0192. The predicted octanol–water partition coefficient (Wildman–Crippen LogP) is 1.54. The van der Waals surface area contributed by atoms with Crippen LogP contribution in [0.2, 0.25) is 0 Å². The fraction of sp³-hybridized carbons (Fsp3) is 0.580. The maximum absolute atomic E-state index is 14.8. The number of cyclic esters (lactones) is 1. The largest absolute Gasteiger partial charge is 0.508 e. The van der Waals surface area contributed by atoms with E-state index in [1.54, 1.807) is 39.8 Å². The van der Waals surface area contributed by atoms with E-state index in [9.17, 15) is 63.6 Å². The van der Waals surface area contributed by atoms with Crippen LogP contribution in [0.25, 0.3) is 0 Å². The van der Waals surface area contributed by atoms with Gasteiger partial charge in [-0.05, 0) is 86.3 Å². The smallest absolute Gasteiger partial charge is 0.329 e. The summed E-state index contributed by atoms with van der Waals surface area (Å²) in [6.45, 7) is 10.0. The molecule has 2 heterocycles. The number of rotatable bonds is 17. The van der Waals surface area contributed by atoms with Crippen molar-refractivity contribution in [1.29, 1.82) is 0 Å². The molecule has 390 valence electrons. The molecule has 3 unspecified atom stereocenters. The molecule has 9 atom stereocenters. The number of esters is 1. The summed E-state index contributed by atoms with van der Waals surface area (Å²) in [5, 5.41) is 54.0. The van der Waals surface area contributed by atoms with Crippen LogP contribution in [0.4, 0.5) is 0 Å². The van der Waals surface area contributed by atoms with Gasteiger partial charge in [0.15, 0.2) is 0 Å². The van der Waals surface area contributed by atoms with E-state index in [4.69, 9.17) is 4.74 Å². The Morgan fingerprint density at radius 3 is 1.94 bits per heavy atom. The van der Waals surface area contributed by atoms with E-state index in [0.717, 1.165) is 16.2 Å². The number of carboxylic acids is 1. The van der Waals surface area contributed by atoms with Crippen LogP contribution in [-0.2, 0) is 60.7 Å². The number of fused-ring (bicyclic) bond motifs is 2. The molecule has 0 spiro atoms. The summed E-state index contributed by atoms with van der Waals surface area (Å²) in [6.07, 6.45) is -2.57. The number of hydrogen-bond acceptors (Lipinski definition) is 13. The fourth-order valence-electron chi connectivity index (χ4n) is 8.50. The third-order valence-corrected chi connectivity index (χ3v) is 12.6. The number of aliphatic carboxylic acids is 1. The molecule has 2 aliphatic heterocycles. The van der Waals surface area contributed by atoms with Crippen LogP contribution in [0.15, 0.2) is 48.5 Å². The van der Waals surface area contributed by atoms with Gasteiger partial charge in [0, 0.05) is 32.7 Å². The van der Waals surface area contributed by atoms with Gasteiger partial charge >= 0.3 is 11.9 Å². The second-order valence-electron chi connectivity index (χ2n) is 19.1. The summed E-state index contributed by atoms with van der Waals surface area (Å²) in [5.41, 5.74) is 0.928. The maximum atomic E-state index is 14.8. The van der Waals surface area contributed by atoms with Crippen LogP contribution in [0.3, 0.4) is 0 Å². The van der Waals surface area contributed by atoms with Crippen molar-refractivity contribution < 1.29 is 68.3 Å². The van der Waals surface area contributed by atoms with E-state index in [2.05, 4.69) is 26.6 Å². The second-order valence-corrected chi connectivity index (χ2v) is 19.1. The number of ether oxygens (including phenoxy) is 1. The Labute approximate surface area is 413 Å². The van der Waals surface area contributed by atoms with Gasteiger partial charge in [-0.2, -0.15) is 0 Å². The SMILES string of the molecule is CCCCCC(=O)N[C@@H](CCC(=O)O)C(=O)N[C@@H]1C(=O)N[C@@H](Cc2ccc(O)cc2)C(=O)NC2CCC(O)N(C2=O)[C@@H](CC(C)C)C(=O)N(C)[C@@H](Cc2ccc(O)cc2)C(=O)NC(C(C)C)C(=O)O[C@@H]1C. The number of nitrogens with zero attached hydrogens (tertiary/aromatic N) is 2. The number of unbranched alkanes of at least 4 members (excludes halogenated alkanes) is 2. The van der Waals surface area contributed by atoms with Crippen LogP contribution < -0.4 is 26.6 Å². The number of hydrogen-bond donors (Lipinski definition) is 9. The van der Waals surface area contributed by atoms with E-state index in [1.165, 1.54) is 50.4 Å². The summed E-state index contributed by atoms with van der Waals surface area (Å²) in [5.74, 6) is -9.38. The van der Waals surface area contributed by atoms with E-state index < -0.39 is 127 Å². The number of aromatic hydroxyl groups is 2. The lowest BCUT2D eigenvalue weighted by molar-refractivity contribution is -0.166. The summed E-state index contributed by atoms with van der Waals surface area (Å²) >= 11 is 0. The highest BCUT2D eigenvalue weighted by Crippen LogP contribution is 2.27. The van der Waals surface area contributed by atoms with Gasteiger partial charge in [0.1, 0.15) is 66.1 Å². The Bertz CT molecular complexity index is 2200. The van der Waals surface area contributed by atoms with Gasteiger partial charge in [0.25, 0.3) is 0 Å². The van der Waals surface area contributed by atoms with Gasteiger partial charge in [0.05, 0.1) is 0 Å². The Morgan fingerprint density at radius 1 is 0.775 bits per heavy atom. The highest BCUT2D eigenvalue weighted by Gasteiger charge is 2.46. The van der Waals surface area contributed by atoms with Crippen molar-refractivity contribution in [2.45, 2.75) is 167 Å². The minimum Gasteiger partial charge on any atom is -0.508 e. The zero-order valence-electron chi connectivity index (χ0n) is 41.5. The number of piperidine rings is 1. The Morgan fingerprint density at radius 2 is 1.38 bits per heavy atom. The molecule has 21 nitrogen and oxygen atoms in total. The number of phenols is 2. The molecule has 2 bridgehead atoms. The van der Waals surface area contributed by atoms with Crippen molar-refractivity contribution in [2.24, 2.45) is 11.8 Å². The Hall–Kier alpha value is -6.77. The van der Waals surface area contributed by atoms with Crippen molar-refractivity contribution >= 4 is 53.3 Å². The number of likely N-dealkylation sites (N-methyl/N-ethyl adjacent to an activating group) is 1. The van der Waals surface area contributed by atoms with E-state index >= 15 is 0 Å². The standard InChI is InChI=1S/C50H71N7O14/c1-8-9-10-11-39(60)51-34(21-23-41(62)63)44(64)55-43-29(6)71-50(70)42(28(4)5)54-46(66)37(26-31-14-18-33(59)19-15-31)56(7)49(69)38(24-27(2)3)57-40(61)22-20-35(48(57)68)52-45(65)36(53-47(43)67)25-30-12-16-32(58)17-13-30/h12-19,27-29,34-38,40,42-43,58-59,61H,8-11,20-26H2,1-7H3,(H,51,60)(H,52,65)(H,53,67)(H,54,66)(H,55,64)(H,62,63)/t29-,34+,35?,36+,37+,38+,40?,42?,43+/m1/s1. The average Bonchev–Trinajstić information content (AvgIpc) is 3.30. The molecule has 21 heteroatoms. The van der Waals surface area contributed by atoms with Crippen LogP contribution in [0.5, 0.6) is 11.5 Å². The lowest BCUT2D eigenvalue weighted by atomic mass is 9.94. The number of amides is 7. The quantitative estimate of drug-likeness (QED) is 0.0803. The number of aliphatic hydroxyl groups excluding tert-OH is 1. The van der Waals surface area contributed by atoms with Crippen molar-refractivity contribution in [3.8, 4) is 11.5 Å². The van der Waals surface area contributed by atoms with E-state index in [-0.39, 0.29) is 55.9 Å². The molecule has 2 aliphatic rings. The lowest BCUT2D eigenvalue weighted by Crippen LogP contribution is -2.65. The number of phenolic OH excluding ortho intramolecular Hbond substituents is 2. The molecule has 0 aromatic heterocycles. The molecule has 0 aliphatic carbocycles. The number of aliphatic hydroxyl groups is 1. The Balaban J connectivity index is 1.88. The topological polar surface area (TPSA) is 310 Å². The molecule has 71 heavy (non-hydrogen) atoms. The average molecular weight is 994 g/mol. The van der Waals surface area contributed by atoms with Crippen LogP contribution in [0, 0.1) is 11.8 Å². The summed E-state index contributed by atoms with van der Waals surface area (Å²) in [7, 11) is 1.35. The van der Waals surface area contributed by atoms with Crippen LogP contribution in [-0.4, -0.2) is 145 Å². The molecule has 9 N–H and O–H groups in total. The lowest BCUT2D eigenvalue weighted by Gasteiger charge is -2.43. The maximum Gasteiger partial charge on any atom is 0.329 e. The molecule has 2 aromatic rings. The number of carbonyl (C=O) groups excluding carboxylic acids is 8. The molecule has 4 rings (SSSR count). The van der Waals surface area contributed by atoms with Gasteiger partial charge in [-0.25, -0.2) is 4.79 Å². The van der Waals surface area contributed by atoms with Crippen molar-refractivity contribution in [3.05, 3.63) is 59.7 Å². The molecule has 0 radical (unpaired) electrons. The molecule has 2 saturated heterocycles. The predicted molar refractivity (Wildman–Crippen MR) is 257 cm³/mol. The second kappa shape index (κ2) is 26.4. The summed E-state index contributed by atoms with van der Waals surface area (Å²) < 4.78 is 5.87. The van der Waals surface area contributed by atoms with Crippen molar-refractivity contribution in [3.63, 3.8) is 0 Å². The van der Waals surface area contributed by atoms with Gasteiger partial charge in [-0.3, -0.25) is 38.4 Å². The van der Waals surface area contributed by atoms with Gasteiger partial charge in [0.2, 0.25) is 41.4 Å². The first-order valence-electron chi connectivity index (χ1n) is 24.3. The highest BCUT2D eigenvalue weighted by molar-refractivity contribution is 5.98. The molecule has 2 fully saturated rings. The first kappa shape index (κ1) is 56.8. The first-order valence-corrected chi connectivity index (χ1v) is 24.3. The zero-order valence-corrected chi connectivity index (χ0v) is 41.5. The molecule has 0 saturated carbocycles. The van der Waals surface area contributed by atoms with Gasteiger partial charge in [-0.1, -0.05) is 71.7 Å². The molecular formula is C50H71N7O14.